The summed E-state index contributed by atoms with van der Waals surface area (Å²) in [5, 5.41) is 3.42. The number of hydrogen-bond donors (Lipinski definition) is 1. The van der Waals surface area contributed by atoms with Crippen LogP contribution in [-0.2, 0) is 6.42 Å². The summed E-state index contributed by atoms with van der Waals surface area (Å²) in [5.41, 5.74) is 0. The van der Waals surface area contributed by atoms with E-state index < -0.39 is 0 Å². The van der Waals surface area contributed by atoms with Gasteiger partial charge in [0.2, 0.25) is 0 Å². The Morgan fingerprint density at radius 1 is 1.47 bits per heavy atom. The first-order valence-electron chi connectivity index (χ1n) is 5.94. The van der Waals surface area contributed by atoms with Crippen molar-refractivity contribution in [3.8, 4) is 0 Å². The van der Waals surface area contributed by atoms with E-state index >= 15 is 0 Å². The predicted octanol–water partition coefficient (Wildman–Crippen LogP) is 3.75. The van der Waals surface area contributed by atoms with Crippen LogP contribution in [-0.4, -0.2) is 28.0 Å². The van der Waals surface area contributed by atoms with Crippen molar-refractivity contribution in [1.82, 2.24) is 9.97 Å². The van der Waals surface area contributed by atoms with Gasteiger partial charge in [0.15, 0.2) is 0 Å². The second-order valence-corrected chi connectivity index (χ2v) is 5.87. The van der Waals surface area contributed by atoms with Gasteiger partial charge in [-0.25, -0.2) is 9.97 Å². The fourth-order valence-electron chi connectivity index (χ4n) is 1.49. The lowest BCUT2D eigenvalue weighted by atomic mass is 10.2. The summed E-state index contributed by atoms with van der Waals surface area (Å²) in [6.45, 7) is 4.32. The minimum Gasteiger partial charge on any atom is -0.367 e. The molecule has 5 heteroatoms. The number of nitrogens with one attached hydrogen (secondary N) is 1. The largest absolute Gasteiger partial charge is 0.367 e. The Morgan fingerprint density at radius 3 is 2.88 bits per heavy atom. The van der Waals surface area contributed by atoms with Crippen molar-refractivity contribution < 1.29 is 0 Å². The highest BCUT2D eigenvalue weighted by Crippen LogP contribution is 2.15. The van der Waals surface area contributed by atoms with Gasteiger partial charge in [0.25, 0.3) is 0 Å². The molecule has 0 spiro atoms. The summed E-state index contributed by atoms with van der Waals surface area (Å²) in [7, 11) is 0. The van der Waals surface area contributed by atoms with Crippen molar-refractivity contribution in [2.24, 2.45) is 0 Å². The molecule has 0 aliphatic heterocycles. The highest BCUT2D eigenvalue weighted by atomic mass is 79.9. The third-order valence-electron chi connectivity index (χ3n) is 2.36. The maximum atomic E-state index is 4.51. The molecule has 0 fully saturated rings. The van der Waals surface area contributed by atoms with Gasteiger partial charge in [-0.05, 0) is 47.7 Å². The van der Waals surface area contributed by atoms with Crippen LogP contribution >= 0.6 is 27.7 Å². The Balaban J connectivity index is 2.63. The maximum Gasteiger partial charge on any atom is 0.132 e. The Morgan fingerprint density at radius 2 is 2.24 bits per heavy atom. The molecule has 1 aromatic heterocycles. The molecule has 1 heterocycles. The summed E-state index contributed by atoms with van der Waals surface area (Å²) < 4.78 is 0.857. The molecular weight excluding hydrogens is 298 g/mol. The van der Waals surface area contributed by atoms with Crippen LogP contribution in [0, 0.1) is 0 Å². The lowest BCUT2D eigenvalue weighted by Gasteiger charge is -2.14. The molecule has 0 aromatic carbocycles. The number of aryl methyl sites for hydroxylation is 1. The number of halogens is 1. The Bertz CT molecular complexity index is 347. The topological polar surface area (TPSA) is 37.8 Å². The Hall–Kier alpha value is -0.290. The number of hydrogen-bond acceptors (Lipinski definition) is 4. The van der Waals surface area contributed by atoms with Crippen LogP contribution in [0.3, 0.4) is 0 Å². The molecule has 1 N–H and O–H groups in total. The van der Waals surface area contributed by atoms with Crippen LogP contribution in [0.25, 0.3) is 0 Å². The molecule has 0 radical (unpaired) electrons. The average Bonchev–Trinajstić information content (AvgIpc) is 2.26. The fraction of sp³-hybridized carbons (Fsp3) is 0.667. The van der Waals surface area contributed by atoms with Crippen LogP contribution in [0.5, 0.6) is 0 Å². The number of nitrogens with zero attached hydrogens (tertiary/aromatic N) is 2. The summed E-state index contributed by atoms with van der Waals surface area (Å²) in [6, 6.07) is 2.38. The highest BCUT2D eigenvalue weighted by molar-refractivity contribution is 9.10. The third-order valence-corrected chi connectivity index (χ3v) is 3.41. The van der Waals surface area contributed by atoms with Crippen LogP contribution in [0.1, 0.15) is 32.5 Å². The van der Waals surface area contributed by atoms with Gasteiger partial charge in [0, 0.05) is 18.5 Å². The van der Waals surface area contributed by atoms with E-state index in [2.05, 4.69) is 51.3 Å². The molecular formula is C12H20BrN3S. The zero-order valence-corrected chi connectivity index (χ0v) is 13.1. The maximum absolute atomic E-state index is 4.51. The molecule has 0 saturated heterocycles. The zero-order chi connectivity index (χ0) is 12.7. The van der Waals surface area contributed by atoms with E-state index in [1.807, 2.05) is 17.8 Å². The lowest BCUT2D eigenvalue weighted by Crippen LogP contribution is -2.17. The molecule has 0 aliphatic rings. The summed E-state index contributed by atoms with van der Waals surface area (Å²) in [6.07, 6.45) is 5.27. The number of aromatic nitrogens is 2. The predicted molar refractivity (Wildman–Crippen MR) is 79.8 cm³/mol. The molecule has 1 aromatic rings. The van der Waals surface area contributed by atoms with Gasteiger partial charge in [-0.3, -0.25) is 0 Å². The van der Waals surface area contributed by atoms with Crippen molar-refractivity contribution in [3.05, 3.63) is 16.5 Å². The molecule has 0 aliphatic carbocycles. The second kappa shape index (κ2) is 7.93. The molecule has 1 atom stereocenters. The normalized spacial score (nSPS) is 12.5. The zero-order valence-electron chi connectivity index (χ0n) is 10.7. The van der Waals surface area contributed by atoms with Gasteiger partial charge in [0.05, 0.1) is 0 Å². The van der Waals surface area contributed by atoms with E-state index in [1.165, 1.54) is 5.75 Å². The van der Waals surface area contributed by atoms with Crippen molar-refractivity contribution >= 4 is 33.5 Å². The SMILES string of the molecule is CCCc1nc(Br)cc(NC(C)CCSC)n1. The fourth-order valence-corrected chi connectivity index (χ4v) is 2.50. The highest BCUT2D eigenvalue weighted by Gasteiger charge is 2.06. The second-order valence-electron chi connectivity index (χ2n) is 4.07. The monoisotopic (exact) mass is 317 g/mol. The van der Waals surface area contributed by atoms with E-state index in [0.717, 1.165) is 35.5 Å². The lowest BCUT2D eigenvalue weighted by molar-refractivity contribution is 0.758. The van der Waals surface area contributed by atoms with Crippen molar-refractivity contribution in [3.63, 3.8) is 0 Å². The molecule has 0 amide bonds. The first-order chi connectivity index (χ1) is 8.15. The van der Waals surface area contributed by atoms with Crippen molar-refractivity contribution in [2.75, 3.05) is 17.3 Å². The standard InChI is InChI=1S/C12H20BrN3S/c1-4-5-11-15-10(13)8-12(16-11)14-9(2)6-7-17-3/h8-9H,4-7H2,1-3H3,(H,14,15,16). The smallest absolute Gasteiger partial charge is 0.132 e. The van der Waals surface area contributed by atoms with Gasteiger partial charge in [-0.1, -0.05) is 6.92 Å². The van der Waals surface area contributed by atoms with Crippen LogP contribution in [0.4, 0.5) is 5.82 Å². The van der Waals surface area contributed by atoms with E-state index in [0.29, 0.717) is 6.04 Å². The van der Waals surface area contributed by atoms with Gasteiger partial charge in [-0.15, -0.1) is 0 Å². The number of thioether (sulfide) groups is 1. The molecule has 1 rings (SSSR count). The average molecular weight is 318 g/mol. The van der Waals surface area contributed by atoms with Gasteiger partial charge < -0.3 is 5.32 Å². The van der Waals surface area contributed by atoms with Gasteiger partial charge >= 0.3 is 0 Å². The van der Waals surface area contributed by atoms with Gasteiger partial charge in [0.1, 0.15) is 16.2 Å². The van der Waals surface area contributed by atoms with Crippen LogP contribution < -0.4 is 5.32 Å². The van der Waals surface area contributed by atoms with Crippen molar-refractivity contribution in [2.45, 2.75) is 39.2 Å². The summed E-state index contributed by atoms with van der Waals surface area (Å²) in [4.78, 5) is 8.87. The van der Waals surface area contributed by atoms with E-state index in [1.54, 1.807) is 0 Å². The third kappa shape index (κ3) is 5.73. The molecule has 0 bridgehead atoms. The number of rotatable bonds is 7. The van der Waals surface area contributed by atoms with E-state index in [9.17, 15) is 0 Å². The van der Waals surface area contributed by atoms with Gasteiger partial charge in [-0.2, -0.15) is 11.8 Å². The first-order valence-corrected chi connectivity index (χ1v) is 8.13. The molecule has 96 valence electrons. The number of anilines is 1. The first kappa shape index (κ1) is 14.8. The van der Waals surface area contributed by atoms with E-state index in [4.69, 9.17) is 0 Å². The minimum absolute atomic E-state index is 0.443. The molecule has 3 nitrogen and oxygen atoms in total. The van der Waals surface area contributed by atoms with Crippen LogP contribution in [0.15, 0.2) is 10.7 Å². The van der Waals surface area contributed by atoms with E-state index in [-0.39, 0.29) is 0 Å². The molecule has 1 unspecified atom stereocenters. The molecule has 0 saturated carbocycles. The Kier molecular flexibility index (Phi) is 6.89. The summed E-state index contributed by atoms with van der Waals surface area (Å²) in [5.74, 6) is 2.99. The Labute approximate surface area is 116 Å². The molecule has 17 heavy (non-hydrogen) atoms. The van der Waals surface area contributed by atoms with Crippen molar-refractivity contribution in [1.29, 1.82) is 0 Å². The quantitative estimate of drug-likeness (QED) is 0.777. The summed E-state index contributed by atoms with van der Waals surface area (Å²) >= 11 is 5.30. The minimum atomic E-state index is 0.443. The van der Waals surface area contributed by atoms with Crippen LogP contribution in [0.2, 0.25) is 0 Å².